The van der Waals surface area contributed by atoms with Crippen molar-refractivity contribution in [3.05, 3.63) is 0 Å². The Morgan fingerprint density at radius 2 is 1.63 bits per heavy atom. The normalized spacial score (nSPS) is 23.5. The van der Waals surface area contributed by atoms with E-state index in [4.69, 9.17) is 0 Å². The maximum atomic E-state index is 3.80. The predicted octanol–water partition coefficient (Wildman–Crippen LogP) is 3.81. The lowest BCUT2D eigenvalue weighted by atomic mass is 9.71. The highest BCUT2D eigenvalue weighted by Crippen LogP contribution is 2.48. The first-order chi connectivity index (χ1) is 9.28. The van der Waals surface area contributed by atoms with Crippen molar-refractivity contribution in [2.24, 2.45) is 5.41 Å². The minimum absolute atomic E-state index is 0.791. The van der Waals surface area contributed by atoms with Crippen LogP contribution in [-0.2, 0) is 0 Å². The summed E-state index contributed by atoms with van der Waals surface area (Å²) in [5.41, 5.74) is 0.791. The van der Waals surface area contributed by atoms with Crippen LogP contribution in [-0.4, -0.2) is 37.1 Å². The lowest BCUT2D eigenvalue weighted by Gasteiger charge is -2.37. The van der Waals surface area contributed by atoms with E-state index in [1.165, 1.54) is 84.0 Å². The third-order valence-electron chi connectivity index (χ3n) is 5.69. The maximum Gasteiger partial charge on any atom is 0.00674 e. The van der Waals surface area contributed by atoms with E-state index in [1.807, 2.05) is 0 Å². The van der Waals surface area contributed by atoms with Gasteiger partial charge in [0.25, 0.3) is 0 Å². The van der Waals surface area contributed by atoms with E-state index in [1.54, 1.807) is 0 Å². The molecule has 0 radical (unpaired) electrons. The molecule has 0 aliphatic heterocycles. The van der Waals surface area contributed by atoms with E-state index in [0.717, 1.165) is 11.5 Å². The van der Waals surface area contributed by atoms with Gasteiger partial charge in [-0.25, -0.2) is 0 Å². The zero-order chi connectivity index (χ0) is 13.6. The molecule has 0 saturated heterocycles. The molecule has 0 heterocycles. The zero-order valence-electron chi connectivity index (χ0n) is 13.2. The molecular weight excluding hydrogens is 232 g/mol. The van der Waals surface area contributed by atoms with Crippen LogP contribution in [0, 0.1) is 5.41 Å². The van der Waals surface area contributed by atoms with Gasteiger partial charge in [0.2, 0.25) is 0 Å². The molecule has 0 atom stereocenters. The first-order valence-corrected chi connectivity index (χ1v) is 8.74. The van der Waals surface area contributed by atoms with Crippen LogP contribution in [0.2, 0.25) is 0 Å². The molecule has 19 heavy (non-hydrogen) atoms. The summed E-state index contributed by atoms with van der Waals surface area (Å²) in [6, 6.07) is 0.822. The fourth-order valence-corrected chi connectivity index (χ4v) is 4.21. The van der Waals surface area contributed by atoms with Gasteiger partial charge in [0.1, 0.15) is 0 Å². The molecule has 2 rings (SSSR count). The van der Waals surface area contributed by atoms with Crippen LogP contribution in [0.4, 0.5) is 0 Å². The summed E-state index contributed by atoms with van der Waals surface area (Å²) in [6.45, 7) is 9.40. The second-order valence-corrected chi connectivity index (χ2v) is 6.82. The average Bonchev–Trinajstić information content (AvgIpc) is 2.90. The fraction of sp³-hybridized carbons (Fsp3) is 1.00. The second kappa shape index (κ2) is 7.64. The number of rotatable bonds is 7. The third kappa shape index (κ3) is 4.46. The Labute approximate surface area is 120 Å². The Hall–Kier alpha value is -0.0800. The van der Waals surface area contributed by atoms with Crippen molar-refractivity contribution in [1.29, 1.82) is 0 Å². The monoisotopic (exact) mass is 266 g/mol. The van der Waals surface area contributed by atoms with Crippen molar-refractivity contribution in [2.45, 2.75) is 77.7 Å². The maximum absolute atomic E-state index is 3.80. The van der Waals surface area contributed by atoms with Crippen LogP contribution in [0.25, 0.3) is 0 Å². The Morgan fingerprint density at radius 3 is 2.21 bits per heavy atom. The molecule has 2 fully saturated rings. The Bertz CT molecular complexity index is 232. The van der Waals surface area contributed by atoms with Crippen LogP contribution in [0.3, 0.4) is 0 Å². The topological polar surface area (TPSA) is 15.3 Å². The summed E-state index contributed by atoms with van der Waals surface area (Å²) in [6.07, 6.45) is 13.2. The van der Waals surface area contributed by atoms with Gasteiger partial charge in [-0.15, -0.1) is 0 Å². The standard InChI is InChI=1S/C17H34N2/c1-3-19(4-2)15-7-14-18-16-8-12-17(13-9-16)10-5-6-11-17/h16,18H,3-15H2,1-2H3. The van der Waals surface area contributed by atoms with Crippen molar-refractivity contribution in [1.82, 2.24) is 10.2 Å². The molecule has 2 aliphatic rings. The molecule has 0 aromatic rings. The Balaban J connectivity index is 1.56. The lowest BCUT2D eigenvalue weighted by molar-refractivity contribution is 0.167. The van der Waals surface area contributed by atoms with E-state index < -0.39 is 0 Å². The van der Waals surface area contributed by atoms with Crippen molar-refractivity contribution in [2.75, 3.05) is 26.2 Å². The van der Waals surface area contributed by atoms with Gasteiger partial charge in [0.05, 0.1) is 0 Å². The molecule has 2 aliphatic carbocycles. The molecule has 2 nitrogen and oxygen atoms in total. The minimum atomic E-state index is 0.791. The predicted molar refractivity (Wildman–Crippen MR) is 83.6 cm³/mol. The summed E-state index contributed by atoms with van der Waals surface area (Å²) in [5.74, 6) is 0. The van der Waals surface area contributed by atoms with Crippen molar-refractivity contribution >= 4 is 0 Å². The average molecular weight is 266 g/mol. The van der Waals surface area contributed by atoms with Crippen LogP contribution in [0.5, 0.6) is 0 Å². The van der Waals surface area contributed by atoms with Crippen LogP contribution < -0.4 is 5.32 Å². The smallest absolute Gasteiger partial charge is 0.00674 e. The van der Waals surface area contributed by atoms with Gasteiger partial charge in [-0.3, -0.25) is 0 Å². The highest BCUT2D eigenvalue weighted by Gasteiger charge is 2.37. The number of hydrogen-bond donors (Lipinski definition) is 1. The van der Waals surface area contributed by atoms with Gasteiger partial charge < -0.3 is 10.2 Å². The van der Waals surface area contributed by atoms with E-state index in [2.05, 4.69) is 24.1 Å². The summed E-state index contributed by atoms with van der Waals surface area (Å²) < 4.78 is 0. The number of hydrogen-bond acceptors (Lipinski definition) is 2. The molecular formula is C17H34N2. The number of nitrogens with one attached hydrogen (secondary N) is 1. The van der Waals surface area contributed by atoms with Crippen LogP contribution in [0.1, 0.15) is 71.6 Å². The van der Waals surface area contributed by atoms with E-state index in [9.17, 15) is 0 Å². The minimum Gasteiger partial charge on any atom is -0.314 e. The van der Waals surface area contributed by atoms with Gasteiger partial charge in [-0.1, -0.05) is 26.7 Å². The Kier molecular flexibility index (Phi) is 6.15. The molecule has 1 N–H and O–H groups in total. The van der Waals surface area contributed by atoms with Crippen molar-refractivity contribution in [3.63, 3.8) is 0 Å². The van der Waals surface area contributed by atoms with Gasteiger partial charge in [0.15, 0.2) is 0 Å². The van der Waals surface area contributed by atoms with Crippen molar-refractivity contribution in [3.8, 4) is 0 Å². The van der Waals surface area contributed by atoms with Gasteiger partial charge in [0, 0.05) is 6.04 Å². The lowest BCUT2D eigenvalue weighted by Crippen LogP contribution is -2.38. The molecule has 1 spiro atoms. The Morgan fingerprint density at radius 1 is 1.00 bits per heavy atom. The van der Waals surface area contributed by atoms with Crippen LogP contribution in [0.15, 0.2) is 0 Å². The summed E-state index contributed by atoms with van der Waals surface area (Å²) >= 11 is 0. The third-order valence-corrected chi connectivity index (χ3v) is 5.69. The molecule has 0 bridgehead atoms. The molecule has 0 aromatic heterocycles. The highest BCUT2D eigenvalue weighted by atomic mass is 15.1. The van der Waals surface area contributed by atoms with Crippen molar-refractivity contribution < 1.29 is 0 Å². The van der Waals surface area contributed by atoms with Crippen LogP contribution >= 0.6 is 0 Å². The molecule has 0 aromatic carbocycles. The second-order valence-electron chi connectivity index (χ2n) is 6.82. The molecule has 0 amide bonds. The van der Waals surface area contributed by atoms with E-state index >= 15 is 0 Å². The van der Waals surface area contributed by atoms with Gasteiger partial charge >= 0.3 is 0 Å². The van der Waals surface area contributed by atoms with E-state index in [-0.39, 0.29) is 0 Å². The molecule has 0 unspecified atom stereocenters. The summed E-state index contributed by atoms with van der Waals surface area (Å²) in [4.78, 5) is 2.52. The number of nitrogens with zero attached hydrogens (tertiary/aromatic N) is 1. The van der Waals surface area contributed by atoms with E-state index in [0.29, 0.717) is 0 Å². The molecule has 2 heteroatoms. The van der Waals surface area contributed by atoms with Gasteiger partial charge in [-0.05, 0) is 76.5 Å². The molecule has 2 saturated carbocycles. The quantitative estimate of drug-likeness (QED) is 0.705. The largest absolute Gasteiger partial charge is 0.314 e. The summed E-state index contributed by atoms with van der Waals surface area (Å²) in [7, 11) is 0. The summed E-state index contributed by atoms with van der Waals surface area (Å²) in [5, 5.41) is 3.80. The highest BCUT2D eigenvalue weighted by molar-refractivity contribution is 4.91. The first-order valence-electron chi connectivity index (χ1n) is 8.74. The first kappa shape index (κ1) is 15.3. The fourth-order valence-electron chi connectivity index (χ4n) is 4.21. The van der Waals surface area contributed by atoms with Gasteiger partial charge in [-0.2, -0.15) is 0 Å². The zero-order valence-corrected chi connectivity index (χ0v) is 13.2. The SMILES string of the molecule is CCN(CC)CCCNC1CCC2(CCCC2)CC1. The molecule has 112 valence electrons.